The third-order valence-corrected chi connectivity index (χ3v) is 2.38. The summed E-state index contributed by atoms with van der Waals surface area (Å²) >= 11 is 0. The van der Waals surface area contributed by atoms with Crippen LogP contribution in [0.5, 0.6) is 0 Å². The van der Waals surface area contributed by atoms with Crippen molar-refractivity contribution in [2.45, 2.75) is 6.42 Å². The number of Topliss-reactive ketones (excluding diaryl/α,β-unsaturated/α-hetero) is 1. The summed E-state index contributed by atoms with van der Waals surface area (Å²) in [4.78, 5) is 15.3. The van der Waals surface area contributed by atoms with E-state index in [1.165, 1.54) is 12.3 Å². The van der Waals surface area contributed by atoms with Crippen LogP contribution in [0.25, 0.3) is 0 Å². The number of aromatic nitrogens is 1. The van der Waals surface area contributed by atoms with E-state index in [1.54, 1.807) is 0 Å². The SMILES string of the molecule is O=C(Cc1ccc(F)c(F)c1)c1cncc(F)c1. The van der Waals surface area contributed by atoms with Gasteiger partial charge in [0.2, 0.25) is 0 Å². The molecule has 1 aromatic carbocycles. The minimum atomic E-state index is -1.02. The van der Waals surface area contributed by atoms with Gasteiger partial charge in [0.15, 0.2) is 17.4 Å². The molecule has 2 aromatic rings. The van der Waals surface area contributed by atoms with Crippen molar-refractivity contribution >= 4 is 5.78 Å². The third-order valence-electron chi connectivity index (χ3n) is 2.38. The molecule has 0 spiro atoms. The lowest BCUT2D eigenvalue weighted by molar-refractivity contribution is 0.0992. The van der Waals surface area contributed by atoms with Gasteiger partial charge in [0.1, 0.15) is 5.82 Å². The Balaban J connectivity index is 2.18. The van der Waals surface area contributed by atoms with E-state index in [0.717, 1.165) is 24.4 Å². The number of hydrogen-bond donors (Lipinski definition) is 0. The Morgan fingerprint density at radius 3 is 2.50 bits per heavy atom. The minimum absolute atomic E-state index is 0.0970. The van der Waals surface area contributed by atoms with E-state index in [-0.39, 0.29) is 12.0 Å². The molecule has 1 heterocycles. The highest BCUT2D eigenvalue weighted by Crippen LogP contribution is 2.12. The summed E-state index contributed by atoms with van der Waals surface area (Å²) in [5.74, 6) is -3.02. The molecule has 0 bridgehead atoms. The summed E-state index contributed by atoms with van der Waals surface area (Å²) in [5, 5.41) is 0. The van der Waals surface area contributed by atoms with E-state index in [4.69, 9.17) is 0 Å². The van der Waals surface area contributed by atoms with Crippen molar-refractivity contribution in [3.05, 3.63) is 65.2 Å². The topological polar surface area (TPSA) is 30.0 Å². The maximum atomic E-state index is 12.9. The lowest BCUT2D eigenvalue weighted by atomic mass is 10.0. The number of rotatable bonds is 3. The third kappa shape index (κ3) is 2.74. The van der Waals surface area contributed by atoms with E-state index < -0.39 is 23.2 Å². The smallest absolute Gasteiger partial charge is 0.168 e. The Morgan fingerprint density at radius 2 is 1.83 bits per heavy atom. The molecule has 0 aliphatic heterocycles. The number of carbonyl (C=O) groups is 1. The van der Waals surface area contributed by atoms with Crippen LogP contribution >= 0.6 is 0 Å². The molecular weight excluding hydrogens is 243 g/mol. The predicted octanol–water partition coefficient (Wildman–Crippen LogP) is 2.92. The second kappa shape index (κ2) is 5.00. The highest BCUT2D eigenvalue weighted by Gasteiger charge is 2.10. The van der Waals surface area contributed by atoms with Crippen molar-refractivity contribution in [3.8, 4) is 0 Å². The van der Waals surface area contributed by atoms with Crippen LogP contribution in [-0.2, 0) is 6.42 Å². The molecular formula is C13H8F3NO. The molecule has 0 atom stereocenters. The fourth-order valence-electron chi connectivity index (χ4n) is 1.50. The largest absolute Gasteiger partial charge is 0.294 e. The number of pyridine rings is 1. The van der Waals surface area contributed by atoms with Gasteiger partial charge in [0.05, 0.1) is 6.20 Å². The van der Waals surface area contributed by atoms with Gasteiger partial charge >= 0.3 is 0 Å². The van der Waals surface area contributed by atoms with Gasteiger partial charge in [0, 0.05) is 18.2 Å². The number of nitrogens with zero attached hydrogens (tertiary/aromatic N) is 1. The van der Waals surface area contributed by atoms with Crippen LogP contribution in [0, 0.1) is 17.5 Å². The van der Waals surface area contributed by atoms with Gasteiger partial charge < -0.3 is 0 Å². The van der Waals surface area contributed by atoms with Crippen molar-refractivity contribution in [2.24, 2.45) is 0 Å². The Kier molecular flexibility index (Phi) is 3.41. The van der Waals surface area contributed by atoms with E-state index in [1.807, 2.05) is 0 Å². The first kappa shape index (κ1) is 12.3. The monoisotopic (exact) mass is 251 g/mol. The van der Waals surface area contributed by atoms with Crippen LogP contribution in [0.3, 0.4) is 0 Å². The summed E-state index contributed by atoms with van der Waals surface area (Å²) < 4.78 is 38.5. The molecule has 0 aliphatic rings. The molecule has 92 valence electrons. The van der Waals surface area contributed by atoms with Gasteiger partial charge in [0.25, 0.3) is 0 Å². The molecule has 18 heavy (non-hydrogen) atoms. The molecule has 2 nitrogen and oxygen atoms in total. The van der Waals surface area contributed by atoms with Crippen molar-refractivity contribution < 1.29 is 18.0 Å². The summed E-state index contributed by atoms with van der Waals surface area (Å²) in [6.07, 6.45) is 2.07. The van der Waals surface area contributed by atoms with Gasteiger partial charge in [-0.05, 0) is 23.8 Å². The number of carbonyl (C=O) groups excluding carboxylic acids is 1. The standard InChI is InChI=1S/C13H8F3NO/c14-10-5-9(6-17-7-10)13(18)4-8-1-2-11(15)12(16)3-8/h1-3,5-7H,4H2. The molecule has 0 radical (unpaired) electrons. The second-order valence-electron chi connectivity index (χ2n) is 3.74. The maximum absolute atomic E-state index is 12.9. The summed E-state index contributed by atoms with van der Waals surface area (Å²) in [5.41, 5.74) is 0.419. The van der Waals surface area contributed by atoms with Crippen molar-refractivity contribution in [1.29, 1.82) is 0 Å². The van der Waals surface area contributed by atoms with Crippen molar-refractivity contribution in [3.63, 3.8) is 0 Å². The highest BCUT2D eigenvalue weighted by atomic mass is 19.2. The van der Waals surface area contributed by atoms with E-state index >= 15 is 0 Å². The van der Waals surface area contributed by atoms with Gasteiger partial charge in [-0.15, -0.1) is 0 Å². The molecule has 0 amide bonds. The van der Waals surface area contributed by atoms with E-state index in [0.29, 0.717) is 5.56 Å². The summed E-state index contributed by atoms with van der Waals surface area (Å²) in [6, 6.07) is 4.25. The first-order valence-corrected chi connectivity index (χ1v) is 5.14. The van der Waals surface area contributed by atoms with Crippen LogP contribution in [0.4, 0.5) is 13.2 Å². The van der Waals surface area contributed by atoms with Crippen LogP contribution < -0.4 is 0 Å². The lowest BCUT2D eigenvalue weighted by Gasteiger charge is -2.02. The normalized spacial score (nSPS) is 10.4. The first-order valence-electron chi connectivity index (χ1n) is 5.14. The zero-order valence-corrected chi connectivity index (χ0v) is 9.16. The van der Waals surface area contributed by atoms with Crippen LogP contribution in [0.1, 0.15) is 15.9 Å². The molecule has 5 heteroatoms. The first-order chi connectivity index (χ1) is 8.56. The Labute approximate surface area is 101 Å². The second-order valence-corrected chi connectivity index (χ2v) is 3.74. The summed E-state index contributed by atoms with van der Waals surface area (Å²) in [7, 11) is 0. The van der Waals surface area contributed by atoms with E-state index in [9.17, 15) is 18.0 Å². The van der Waals surface area contributed by atoms with Gasteiger partial charge in [-0.2, -0.15) is 0 Å². The molecule has 0 saturated heterocycles. The van der Waals surface area contributed by atoms with Gasteiger partial charge in [-0.25, -0.2) is 13.2 Å². The molecule has 0 aliphatic carbocycles. The zero-order valence-electron chi connectivity index (χ0n) is 9.16. The minimum Gasteiger partial charge on any atom is -0.294 e. The molecule has 0 unspecified atom stereocenters. The van der Waals surface area contributed by atoms with Gasteiger partial charge in [-0.3, -0.25) is 9.78 Å². The molecule has 2 rings (SSSR count). The quantitative estimate of drug-likeness (QED) is 0.785. The molecule has 0 saturated carbocycles. The Bertz CT molecular complexity index is 599. The lowest BCUT2D eigenvalue weighted by Crippen LogP contribution is -2.05. The van der Waals surface area contributed by atoms with Crippen molar-refractivity contribution in [2.75, 3.05) is 0 Å². The Hall–Kier alpha value is -2.17. The average molecular weight is 251 g/mol. The molecule has 0 fully saturated rings. The van der Waals surface area contributed by atoms with Crippen molar-refractivity contribution in [1.82, 2.24) is 4.98 Å². The summed E-state index contributed by atoms with van der Waals surface area (Å²) in [6.45, 7) is 0. The zero-order chi connectivity index (χ0) is 13.1. The fourth-order valence-corrected chi connectivity index (χ4v) is 1.50. The Morgan fingerprint density at radius 1 is 1.06 bits per heavy atom. The molecule has 1 aromatic heterocycles. The van der Waals surface area contributed by atoms with Gasteiger partial charge in [-0.1, -0.05) is 6.07 Å². The van der Waals surface area contributed by atoms with Crippen LogP contribution in [0.2, 0.25) is 0 Å². The fraction of sp³-hybridized carbons (Fsp3) is 0.0769. The molecule has 0 N–H and O–H groups in total. The number of hydrogen-bond acceptors (Lipinski definition) is 2. The maximum Gasteiger partial charge on any atom is 0.168 e. The number of benzene rings is 1. The average Bonchev–Trinajstić information content (AvgIpc) is 2.34. The predicted molar refractivity (Wildman–Crippen MR) is 58.6 cm³/mol. The highest BCUT2D eigenvalue weighted by molar-refractivity contribution is 5.97. The van der Waals surface area contributed by atoms with E-state index in [2.05, 4.69) is 4.98 Å². The number of ketones is 1. The van der Waals surface area contributed by atoms with Crippen LogP contribution in [-0.4, -0.2) is 10.8 Å². The van der Waals surface area contributed by atoms with Crippen LogP contribution in [0.15, 0.2) is 36.7 Å². The number of halogens is 3.